The Bertz CT molecular complexity index is 377. The zero-order chi connectivity index (χ0) is 12.8. The minimum absolute atomic E-state index is 0. The molecule has 100 valence electrons. The largest absolute Gasteiger partial charge is 0.348 e. The number of benzene rings is 1. The van der Waals surface area contributed by atoms with Gasteiger partial charge in [-0.05, 0) is 31.5 Å². The molecule has 1 aliphatic heterocycles. The third-order valence-corrected chi connectivity index (χ3v) is 3.50. The van der Waals surface area contributed by atoms with Gasteiger partial charge in [0.25, 0.3) is 0 Å². The maximum Gasteiger partial charge on any atom is 0.220 e. The van der Waals surface area contributed by atoms with Crippen LogP contribution in [0.25, 0.3) is 0 Å². The first-order valence-electron chi connectivity index (χ1n) is 6.86. The van der Waals surface area contributed by atoms with Crippen molar-refractivity contribution in [1.29, 1.82) is 0 Å². The van der Waals surface area contributed by atoms with Gasteiger partial charge in [-0.3, -0.25) is 4.79 Å². The Morgan fingerprint density at radius 3 is 2.61 bits per heavy atom. The number of carbonyl (C=O) groups is 1. The molecule has 1 aromatic carbocycles. The molecule has 1 fully saturated rings. The van der Waals surface area contributed by atoms with E-state index in [1.807, 2.05) is 25.1 Å². The second kappa shape index (κ2) is 6.55. The first-order chi connectivity index (χ1) is 8.79. The van der Waals surface area contributed by atoms with Crippen molar-refractivity contribution in [2.24, 2.45) is 0 Å². The average Bonchev–Trinajstić information content (AvgIpc) is 2.92. The summed E-state index contributed by atoms with van der Waals surface area (Å²) in [7, 11) is 0. The topological polar surface area (TPSA) is 32.3 Å². The lowest BCUT2D eigenvalue weighted by Gasteiger charge is -2.24. The minimum atomic E-state index is 0. The number of hydrogen-bond donors (Lipinski definition) is 1. The first-order valence-corrected chi connectivity index (χ1v) is 6.86. The van der Waals surface area contributed by atoms with E-state index in [1.54, 1.807) is 0 Å². The van der Waals surface area contributed by atoms with Crippen LogP contribution in [0.4, 0.5) is 0 Å². The summed E-state index contributed by atoms with van der Waals surface area (Å²) in [4.78, 5) is 14.1. The van der Waals surface area contributed by atoms with E-state index < -0.39 is 0 Å². The van der Waals surface area contributed by atoms with Crippen LogP contribution in [0.3, 0.4) is 0 Å². The predicted octanol–water partition coefficient (Wildman–Crippen LogP) is 2.60. The van der Waals surface area contributed by atoms with Crippen LogP contribution in [-0.4, -0.2) is 30.4 Å². The molecule has 1 N–H and O–H groups in total. The van der Waals surface area contributed by atoms with Crippen LogP contribution in [0, 0.1) is 0 Å². The highest BCUT2D eigenvalue weighted by atomic mass is 16.1. The number of nitrogens with zero attached hydrogens (tertiary/aromatic N) is 1. The molecule has 0 saturated carbocycles. The van der Waals surface area contributed by atoms with Crippen molar-refractivity contribution < 1.29 is 6.22 Å². The molecular weight excluding hydrogens is 224 g/mol. The Kier molecular flexibility index (Phi) is 4.76. The van der Waals surface area contributed by atoms with E-state index in [-0.39, 0.29) is 13.4 Å². The van der Waals surface area contributed by atoms with E-state index in [2.05, 4.69) is 22.3 Å². The molecule has 1 aliphatic rings. The second-order valence-electron chi connectivity index (χ2n) is 4.89. The predicted molar refractivity (Wildman–Crippen MR) is 75.4 cm³/mol. The number of nitrogens with one attached hydrogen (secondary N) is 1. The van der Waals surface area contributed by atoms with E-state index in [0.29, 0.717) is 6.42 Å². The van der Waals surface area contributed by atoms with Gasteiger partial charge in [-0.25, -0.2) is 0 Å². The van der Waals surface area contributed by atoms with Gasteiger partial charge in [0.05, 0.1) is 6.04 Å². The zero-order valence-electron chi connectivity index (χ0n) is 11.1. The smallest absolute Gasteiger partial charge is 0.220 e. The van der Waals surface area contributed by atoms with Gasteiger partial charge in [-0.15, -0.1) is 0 Å². The fourth-order valence-electron chi connectivity index (χ4n) is 2.44. The van der Waals surface area contributed by atoms with Crippen molar-refractivity contribution >= 4 is 5.91 Å². The van der Waals surface area contributed by atoms with Crippen molar-refractivity contribution in [3.8, 4) is 0 Å². The summed E-state index contributed by atoms with van der Waals surface area (Å²) < 4.78 is 0. The maximum absolute atomic E-state index is 11.6. The molecule has 3 heteroatoms. The van der Waals surface area contributed by atoms with Gasteiger partial charge in [-0.2, -0.15) is 0 Å². The Morgan fingerprint density at radius 1 is 1.33 bits per heavy atom. The number of likely N-dealkylation sites (tertiary alicyclic amines) is 1. The number of rotatable bonds is 5. The lowest BCUT2D eigenvalue weighted by molar-refractivity contribution is -0.121. The van der Waals surface area contributed by atoms with Crippen LogP contribution < -0.4 is 5.32 Å². The Hall–Kier alpha value is -1.35. The molecule has 0 radical (unpaired) electrons. The molecule has 0 aromatic heterocycles. The number of amides is 1. The summed E-state index contributed by atoms with van der Waals surface area (Å²) in [5.74, 6) is 0.128. The monoisotopic (exact) mass is 248 g/mol. The van der Waals surface area contributed by atoms with Gasteiger partial charge in [-0.1, -0.05) is 37.3 Å². The molecule has 0 unspecified atom stereocenters. The SMILES string of the molecule is CCC(=O)N[C@H](CN1CCCC1)c1ccccc1.[HH]. The standard InChI is InChI=1S/C15H22N2O.H2/c1-2-15(18)16-14(12-17-10-6-7-11-17)13-8-4-3-5-9-13;/h3-5,8-9,14H,2,6-7,10-12H2,1H3,(H,16,18);1H/t14-;/m1./s1. The summed E-state index contributed by atoms with van der Waals surface area (Å²) in [6.45, 7) is 5.14. The summed E-state index contributed by atoms with van der Waals surface area (Å²) in [5, 5.41) is 3.13. The van der Waals surface area contributed by atoms with Crippen molar-refractivity contribution in [3.63, 3.8) is 0 Å². The molecule has 1 atom stereocenters. The van der Waals surface area contributed by atoms with Gasteiger partial charge in [0.15, 0.2) is 0 Å². The summed E-state index contributed by atoms with van der Waals surface area (Å²) in [6.07, 6.45) is 3.11. The van der Waals surface area contributed by atoms with E-state index in [1.165, 1.54) is 18.4 Å². The van der Waals surface area contributed by atoms with Crippen LogP contribution in [0.15, 0.2) is 30.3 Å². The minimum Gasteiger partial charge on any atom is -0.348 e. The lowest BCUT2D eigenvalue weighted by atomic mass is 10.1. The van der Waals surface area contributed by atoms with Gasteiger partial charge < -0.3 is 10.2 Å². The third kappa shape index (κ3) is 3.57. The van der Waals surface area contributed by atoms with Crippen LogP contribution in [0.5, 0.6) is 0 Å². The van der Waals surface area contributed by atoms with Gasteiger partial charge in [0.1, 0.15) is 0 Å². The molecule has 0 bridgehead atoms. The molecule has 18 heavy (non-hydrogen) atoms. The Balaban J connectivity index is 0.00000180. The average molecular weight is 248 g/mol. The highest BCUT2D eigenvalue weighted by Crippen LogP contribution is 2.17. The Labute approximate surface area is 111 Å². The van der Waals surface area contributed by atoms with Crippen LogP contribution >= 0.6 is 0 Å². The molecule has 1 aromatic rings. The molecular formula is C15H24N2O. The van der Waals surface area contributed by atoms with Crippen molar-refractivity contribution in [3.05, 3.63) is 35.9 Å². The fraction of sp³-hybridized carbons (Fsp3) is 0.533. The van der Waals surface area contributed by atoms with E-state index in [9.17, 15) is 4.79 Å². The number of carbonyl (C=O) groups excluding carboxylic acids is 1. The molecule has 1 saturated heterocycles. The molecule has 1 heterocycles. The van der Waals surface area contributed by atoms with Gasteiger partial charge in [0, 0.05) is 14.4 Å². The van der Waals surface area contributed by atoms with E-state index >= 15 is 0 Å². The van der Waals surface area contributed by atoms with E-state index in [0.717, 1.165) is 19.6 Å². The summed E-state index contributed by atoms with van der Waals surface area (Å²) in [6, 6.07) is 10.4. The van der Waals surface area contributed by atoms with Gasteiger partial charge >= 0.3 is 0 Å². The molecule has 1 amide bonds. The Morgan fingerprint density at radius 2 is 2.00 bits per heavy atom. The van der Waals surface area contributed by atoms with Gasteiger partial charge in [0.2, 0.25) is 5.91 Å². The molecule has 0 spiro atoms. The second-order valence-corrected chi connectivity index (χ2v) is 4.89. The van der Waals surface area contributed by atoms with Crippen molar-refractivity contribution in [2.45, 2.75) is 32.2 Å². The lowest BCUT2D eigenvalue weighted by Crippen LogP contribution is -2.36. The third-order valence-electron chi connectivity index (χ3n) is 3.50. The zero-order valence-corrected chi connectivity index (χ0v) is 11.1. The maximum atomic E-state index is 11.6. The summed E-state index contributed by atoms with van der Waals surface area (Å²) >= 11 is 0. The highest BCUT2D eigenvalue weighted by molar-refractivity contribution is 5.76. The van der Waals surface area contributed by atoms with Crippen molar-refractivity contribution in [1.82, 2.24) is 10.2 Å². The fourth-order valence-corrected chi connectivity index (χ4v) is 2.44. The summed E-state index contributed by atoms with van der Waals surface area (Å²) in [5.41, 5.74) is 1.20. The molecule has 0 aliphatic carbocycles. The quantitative estimate of drug-likeness (QED) is 0.868. The molecule has 3 nitrogen and oxygen atoms in total. The van der Waals surface area contributed by atoms with Crippen LogP contribution in [0.2, 0.25) is 0 Å². The first kappa shape index (κ1) is 13.1. The van der Waals surface area contributed by atoms with E-state index in [4.69, 9.17) is 0 Å². The van der Waals surface area contributed by atoms with Crippen LogP contribution in [-0.2, 0) is 4.79 Å². The van der Waals surface area contributed by atoms with Crippen molar-refractivity contribution in [2.75, 3.05) is 19.6 Å². The van der Waals surface area contributed by atoms with Crippen LogP contribution in [0.1, 0.15) is 39.2 Å². The normalized spacial score (nSPS) is 17.6. The number of hydrogen-bond acceptors (Lipinski definition) is 2. The molecule has 2 rings (SSSR count). The highest BCUT2D eigenvalue weighted by Gasteiger charge is 2.19.